The van der Waals surface area contributed by atoms with Gasteiger partial charge in [0.05, 0.1) is 11.2 Å². The summed E-state index contributed by atoms with van der Waals surface area (Å²) >= 11 is 0. The summed E-state index contributed by atoms with van der Waals surface area (Å²) in [6.07, 6.45) is 6.77. The highest BCUT2D eigenvalue weighted by Crippen LogP contribution is 2.36. The lowest BCUT2D eigenvalue weighted by molar-refractivity contribution is -0.141. The highest BCUT2D eigenvalue weighted by molar-refractivity contribution is 7.89. The van der Waals surface area contributed by atoms with Gasteiger partial charge in [-0.1, -0.05) is 19.8 Å². The Balaban J connectivity index is 2.07. The van der Waals surface area contributed by atoms with E-state index in [0.717, 1.165) is 38.0 Å². The van der Waals surface area contributed by atoms with Crippen LogP contribution < -0.4 is 0 Å². The average Bonchev–Trinajstić information content (AvgIpc) is 2.97. The van der Waals surface area contributed by atoms with E-state index in [2.05, 4.69) is 6.92 Å². The van der Waals surface area contributed by atoms with E-state index in [1.54, 1.807) is 7.05 Å². The zero-order valence-corrected chi connectivity index (χ0v) is 13.8. The maximum absolute atomic E-state index is 12.8. The summed E-state index contributed by atoms with van der Waals surface area (Å²) in [6, 6.07) is 0.0489. The Bertz CT molecular complexity index is 468. The van der Waals surface area contributed by atoms with E-state index >= 15 is 0 Å². The third kappa shape index (κ3) is 3.42. The molecule has 0 aromatic carbocycles. The average molecular weight is 317 g/mol. The van der Waals surface area contributed by atoms with Crippen molar-refractivity contribution in [3.63, 3.8) is 0 Å². The predicted molar refractivity (Wildman–Crippen MR) is 81.5 cm³/mol. The molecule has 6 heteroatoms. The van der Waals surface area contributed by atoms with Gasteiger partial charge in [-0.3, -0.25) is 4.79 Å². The molecule has 0 amide bonds. The van der Waals surface area contributed by atoms with E-state index in [1.165, 1.54) is 4.31 Å². The Morgan fingerprint density at radius 3 is 2.29 bits per heavy atom. The van der Waals surface area contributed by atoms with Crippen LogP contribution >= 0.6 is 0 Å². The fourth-order valence-corrected chi connectivity index (χ4v) is 6.09. The van der Waals surface area contributed by atoms with Crippen molar-refractivity contribution in [3.8, 4) is 0 Å². The number of sulfonamides is 1. The molecule has 0 aromatic heterocycles. The van der Waals surface area contributed by atoms with Gasteiger partial charge in [0.2, 0.25) is 10.0 Å². The van der Waals surface area contributed by atoms with Crippen molar-refractivity contribution in [3.05, 3.63) is 0 Å². The van der Waals surface area contributed by atoms with Crippen LogP contribution in [-0.2, 0) is 14.8 Å². The molecular weight excluding hydrogens is 290 g/mol. The maximum atomic E-state index is 12.8. The lowest BCUT2D eigenvalue weighted by Gasteiger charge is -2.35. The van der Waals surface area contributed by atoms with Crippen molar-refractivity contribution in [2.24, 2.45) is 11.8 Å². The molecule has 0 radical (unpaired) electrons. The highest BCUT2D eigenvalue weighted by atomic mass is 32.2. The van der Waals surface area contributed by atoms with Gasteiger partial charge in [-0.15, -0.1) is 0 Å². The third-order valence-electron chi connectivity index (χ3n) is 5.46. The monoisotopic (exact) mass is 317 g/mol. The lowest BCUT2D eigenvalue weighted by Crippen LogP contribution is -2.46. The van der Waals surface area contributed by atoms with Crippen molar-refractivity contribution < 1.29 is 18.3 Å². The number of carboxylic acid groups (broad SMARTS) is 1. The van der Waals surface area contributed by atoms with Crippen LogP contribution in [0.1, 0.15) is 58.3 Å². The second-order valence-corrected chi connectivity index (χ2v) is 8.77. The van der Waals surface area contributed by atoms with Gasteiger partial charge in [-0.2, -0.15) is 0 Å². The number of nitrogens with zero attached hydrogens (tertiary/aromatic N) is 1. The molecule has 5 nitrogen and oxygen atoms in total. The Kier molecular flexibility index (Phi) is 5.30. The SMILES string of the molecule is CCC1CCC(N(C)S(=O)(=O)C2CCCC2C(=O)O)CC1. The van der Waals surface area contributed by atoms with Gasteiger partial charge in [0.15, 0.2) is 0 Å². The first-order valence-corrected chi connectivity index (χ1v) is 9.57. The van der Waals surface area contributed by atoms with Crippen LogP contribution in [-0.4, -0.2) is 42.1 Å². The van der Waals surface area contributed by atoms with Gasteiger partial charge in [-0.05, 0) is 44.4 Å². The predicted octanol–water partition coefficient (Wildman–Crippen LogP) is 2.47. The van der Waals surface area contributed by atoms with Crippen molar-refractivity contribution in [1.29, 1.82) is 0 Å². The van der Waals surface area contributed by atoms with Crippen LogP contribution in [0.3, 0.4) is 0 Å². The topological polar surface area (TPSA) is 74.7 Å². The van der Waals surface area contributed by atoms with E-state index in [-0.39, 0.29) is 6.04 Å². The summed E-state index contributed by atoms with van der Waals surface area (Å²) < 4.78 is 27.0. The Labute approximate surface area is 127 Å². The van der Waals surface area contributed by atoms with Crippen molar-refractivity contribution in [2.45, 2.75) is 69.6 Å². The van der Waals surface area contributed by atoms with Crippen LogP contribution in [0.2, 0.25) is 0 Å². The molecule has 0 aromatic rings. The van der Waals surface area contributed by atoms with Crippen LogP contribution in [0, 0.1) is 11.8 Å². The Hall–Kier alpha value is -0.620. The summed E-state index contributed by atoms with van der Waals surface area (Å²) in [5.74, 6) is -0.982. The van der Waals surface area contributed by atoms with Crippen LogP contribution in [0.4, 0.5) is 0 Å². The molecule has 2 rings (SSSR count). The molecule has 2 atom stereocenters. The van der Waals surface area contributed by atoms with Gasteiger partial charge in [-0.25, -0.2) is 12.7 Å². The second-order valence-electron chi connectivity index (χ2n) is 6.56. The van der Waals surface area contributed by atoms with Crippen LogP contribution in [0.15, 0.2) is 0 Å². The van der Waals surface area contributed by atoms with E-state index in [1.807, 2.05) is 0 Å². The molecule has 2 aliphatic carbocycles. The number of hydrogen-bond acceptors (Lipinski definition) is 3. The summed E-state index contributed by atoms with van der Waals surface area (Å²) in [4.78, 5) is 11.3. The molecule has 0 saturated heterocycles. The second kappa shape index (κ2) is 6.65. The minimum atomic E-state index is -3.50. The standard InChI is InChI=1S/C15H27NO4S/c1-3-11-7-9-12(10-8-11)16(2)21(19,20)14-6-4-5-13(14)15(17)18/h11-14H,3-10H2,1-2H3,(H,17,18). The highest BCUT2D eigenvalue weighted by Gasteiger charge is 2.45. The number of aliphatic carboxylic acids is 1. The van der Waals surface area contributed by atoms with Gasteiger partial charge in [0.25, 0.3) is 0 Å². The Morgan fingerprint density at radius 2 is 1.76 bits per heavy atom. The van der Waals surface area contributed by atoms with E-state index < -0.39 is 27.2 Å². The number of carbonyl (C=O) groups is 1. The molecule has 21 heavy (non-hydrogen) atoms. The minimum Gasteiger partial charge on any atom is -0.481 e. The minimum absolute atomic E-state index is 0.0489. The molecule has 2 fully saturated rings. The fourth-order valence-electron chi connectivity index (χ4n) is 3.90. The molecule has 0 bridgehead atoms. The molecule has 2 saturated carbocycles. The normalized spacial score (nSPS) is 34.2. The first kappa shape index (κ1) is 16.7. The zero-order chi connectivity index (χ0) is 15.6. The maximum Gasteiger partial charge on any atom is 0.307 e. The molecule has 0 spiro atoms. The van der Waals surface area contributed by atoms with Gasteiger partial charge in [0, 0.05) is 13.1 Å². The molecule has 2 aliphatic rings. The molecule has 0 heterocycles. The number of rotatable bonds is 5. The smallest absolute Gasteiger partial charge is 0.307 e. The number of carboxylic acids is 1. The first-order chi connectivity index (χ1) is 9.87. The largest absolute Gasteiger partial charge is 0.481 e. The first-order valence-electron chi connectivity index (χ1n) is 8.07. The zero-order valence-electron chi connectivity index (χ0n) is 13.0. The third-order valence-corrected chi connectivity index (χ3v) is 7.89. The number of hydrogen-bond donors (Lipinski definition) is 1. The van der Waals surface area contributed by atoms with Crippen LogP contribution in [0.5, 0.6) is 0 Å². The van der Waals surface area contributed by atoms with Crippen molar-refractivity contribution >= 4 is 16.0 Å². The van der Waals surface area contributed by atoms with Crippen LogP contribution in [0.25, 0.3) is 0 Å². The van der Waals surface area contributed by atoms with E-state index in [0.29, 0.717) is 19.3 Å². The van der Waals surface area contributed by atoms with Gasteiger partial charge in [0.1, 0.15) is 0 Å². The molecule has 0 aliphatic heterocycles. The van der Waals surface area contributed by atoms with E-state index in [9.17, 15) is 18.3 Å². The molecular formula is C15H27NO4S. The lowest BCUT2D eigenvalue weighted by atomic mass is 9.85. The summed E-state index contributed by atoms with van der Waals surface area (Å²) in [7, 11) is -1.86. The summed E-state index contributed by atoms with van der Waals surface area (Å²) in [6.45, 7) is 2.18. The fraction of sp³-hybridized carbons (Fsp3) is 0.933. The summed E-state index contributed by atoms with van der Waals surface area (Å²) in [5, 5.41) is 8.49. The summed E-state index contributed by atoms with van der Waals surface area (Å²) in [5.41, 5.74) is 0. The van der Waals surface area contributed by atoms with Gasteiger partial charge < -0.3 is 5.11 Å². The quantitative estimate of drug-likeness (QED) is 0.845. The van der Waals surface area contributed by atoms with Gasteiger partial charge >= 0.3 is 5.97 Å². The van der Waals surface area contributed by atoms with Crippen molar-refractivity contribution in [2.75, 3.05) is 7.05 Å². The van der Waals surface area contributed by atoms with E-state index in [4.69, 9.17) is 0 Å². The Morgan fingerprint density at radius 1 is 1.14 bits per heavy atom. The molecule has 2 unspecified atom stereocenters. The molecule has 122 valence electrons. The molecule has 1 N–H and O–H groups in total. The van der Waals surface area contributed by atoms with Crippen molar-refractivity contribution in [1.82, 2.24) is 4.31 Å².